The molecule has 2 nitrogen and oxygen atoms in total. The molecule has 0 saturated carbocycles. The van der Waals surface area contributed by atoms with E-state index in [1.807, 2.05) is 0 Å². The standard InChI is InChI=1S/C13H16O2/c1-9(10-5-3-2-4-6-10)11-7-12-13(15-12)8-14-11/h2-6,9,11-13H,7-8H2,1H3/t9-,11-,12+,13-/m0/s1. The second-order valence-electron chi connectivity index (χ2n) is 4.52. The van der Waals surface area contributed by atoms with Crippen molar-refractivity contribution in [2.24, 2.45) is 0 Å². The van der Waals surface area contributed by atoms with E-state index in [-0.39, 0.29) is 0 Å². The lowest BCUT2D eigenvalue weighted by atomic mass is 9.91. The fourth-order valence-corrected chi connectivity index (χ4v) is 2.37. The van der Waals surface area contributed by atoms with Crippen LogP contribution < -0.4 is 0 Å². The Morgan fingerprint density at radius 2 is 2.00 bits per heavy atom. The normalized spacial score (nSPS) is 35.7. The summed E-state index contributed by atoms with van der Waals surface area (Å²) in [4.78, 5) is 0. The third-order valence-electron chi connectivity index (χ3n) is 3.51. The monoisotopic (exact) mass is 204 g/mol. The van der Waals surface area contributed by atoms with E-state index in [4.69, 9.17) is 9.47 Å². The van der Waals surface area contributed by atoms with Crippen LogP contribution in [0.5, 0.6) is 0 Å². The van der Waals surface area contributed by atoms with Gasteiger partial charge in [0.1, 0.15) is 6.10 Å². The zero-order chi connectivity index (χ0) is 10.3. The summed E-state index contributed by atoms with van der Waals surface area (Å²) in [6, 6.07) is 10.6. The second-order valence-corrected chi connectivity index (χ2v) is 4.52. The van der Waals surface area contributed by atoms with Gasteiger partial charge in [-0.1, -0.05) is 37.3 Å². The van der Waals surface area contributed by atoms with Crippen molar-refractivity contribution >= 4 is 0 Å². The molecule has 0 amide bonds. The number of epoxide rings is 1. The Labute approximate surface area is 90.2 Å². The quantitative estimate of drug-likeness (QED) is 0.690. The summed E-state index contributed by atoms with van der Waals surface area (Å²) in [7, 11) is 0. The predicted molar refractivity (Wildman–Crippen MR) is 57.9 cm³/mol. The second kappa shape index (κ2) is 3.62. The fraction of sp³-hybridized carbons (Fsp3) is 0.538. The van der Waals surface area contributed by atoms with Crippen LogP contribution in [0.3, 0.4) is 0 Å². The molecule has 80 valence electrons. The van der Waals surface area contributed by atoms with Crippen molar-refractivity contribution in [2.45, 2.75) is 37.6 Å². The molecule has 0 bridgehead atoms. The van der Waals surface area contributed by atoms with Crippen LogP contribution in [-0.2, 0) is 9.47 Å². The molecule has 2 aliphatic heterocycles. The summed E-state index contributed by atoms with van der Waals surface area (Å²) in [5.41, 5.74) is 1.36. The number of hydrogen-bond acceptors (Lipinski definition) is 2. The van der Waals surface area contributed by atoms with Crippen molar-refractivity contribution < 1.29 is 9.47 Å². The van der Waals surface area contributed by atoms with Gasteiger partial charge in [-0.05, 0) is 5.56 Å². The summed E-state index contributed by atoms with van der Waals surface area (Å²) >= 11 is 0. The summed E-state index contributed by atoms with van der Waals surface area (Å²) in [5.74, 6) is 0.469. The minimum atomic E-state index is 0.330. The summed E-state index contributed by atoms with van der Waals surface area (Å²) < 4.78 is 11.3. The van der Waals surface area contributed by atoms with Crippen molar-refractivity contribution in [3.8, 4) is 0 Å². The number of ether oxygens (including phenoxy) is 2. The van der Waals surface area contributed by atoms with E-state index in [2.05, 4.69) is 37.3 Å². The van der Waals surface area contributed by atoms with Crippen LogP contribution in [0.2, 0.25) is 0 Å². The molecule has 2 heteroatoms. The van der Waals surface area contributed by atoms with Crippen LogP contribution in [0.25, 0.3) is 0 Å². The fourth-order valence-electron chi connectivity index (χ4n) is 2.37. The molecule has 0 spiro atoms. The molecule has 4 atom stereocenters. The number of rotatable bonds is 2. The highest BCUT2D eigenvalue weighted by Crippen LogP contribution is 2.37. The van der Waals surface area contributed by atoms with E-state index in [0.717, 1.165) is 13.0 Å². The van der Waals surface area contributed by atoms with Crippen LogP contribution in [0, 0.1) is 0 Å². The van der Waals surface area contributed by atoms with E-state index >= 15 is 0 Å². The molecule has 2 saturated heterocycles. The Bertz CT molecular complexity index is 336. The number of benzene rings is 1. The van der Waals surface area contributed by atoms with E-state index < -0.39 is 0 Å². The van der Waals surface area contributed by atoms with Crippen molar-refractivity contribution in [1.82, 2.24) is 0 Å². The molecule has 0 unspecified atom stereocenters. The van der Waals surface area contributed by atoms with Gasteiger partial charge < -0.3 is 9.47 Å². The van der Waals surface area contributed by atoms with Crippen molar-refractivity contribution in [1.29, 1.82) is 0 Å². The number of fused-ring (bicyclic) bond motifs is 1. The third kappa shape index (κ3) is 1.80. The molecule has 3 rings (SSSR count). The molecule has 1 aromatic rings. The van der Waals surface area contributed by atoms with Gasteiger partial charge in [-0.3, -0.25) is 0 Å². The highest BCUT2D eigenvalue weighted by Gasteiger charge is 2.46. The minimum Gasteiger partial charge on any atom is -0.375 e. The average Bonchev–Trinajstić information content (AvgIpc) is 3.07. The maximum Gasteiger partial charge on any atom is 0.108 e. The Morgan fingerprint density at radius 3 is 2.73 bits per heavy atom. The molecule has 2 heterocycles. The molecular weight excluding hydrogens is 188 g/mol. The predicted octanol–water partition coefficient (Wildman–Crippen LogP) is 2.35. The van der Waals surface area contributed by atoms with Crippen molar-refractivity contribution in [3.63, 3.8) is 0 Å². The van der Waals surface area contributed by atoms with Gasteiger partial charge >= 0.3 is 0 Å². The maximum absolute atomic E-state index is 5.82. The molecule has 2 fully saturated rings. The number of hydrogen-bond donors (Lipinski definition) is 0. The van der Waals surface area contributed by atoms with E-state index in [0.29, 0.717) is 24.2 Å². The molecule has 1 aromatic carbocycles. The average molecular weight is 204 g/mol. The SMILES string of the molecule is C[C@@H](c1ccccc1)[C@@H]1C[C@H]2O[C@H]2CO1. The van der Waals surface area contributed by atoms with Gasteiger partial charge in [0.05, 0.1) is 18.8 Å². The Morgan fingerprint density at radius 1 is 1.20 bits per heavy atom. The highest BCUT2D eigenvalue weighted by atomic mass is 16.6. The summed E-state index contributed by atoms with van der Waals surface area (Å²) in [5, 5.41) is 0. The van der Waals surface area contributed by atoms with Crippen LogP contribution >= 0.6 is 0 Å². The van der Waals surface area contributed by atoms with Gasteiger partial charge in [-0.25, -0.2) is 0 Å². The molecule has 2 aliphatic rings. The van der Waals surface area contributed by atoms with Gasteiger partial charge in [-0.2, -0.15) is 0 Å². The summed E-state index contributed by atoms with van der Waals surface area (Å²) in [6.45, 7) is 3.02. The van der Waals surface area contributed by atoms with E-state index in [9.17, 15) is 0 Å². The molecule has 0 N–H and O–H groups in total. The minimum absolute atomic E-state index is 0.330. The molecule has 15 heavy (non-hydrogen) atoms. The first kappa shape index (κ1) is 9.37. The zero-order valence-corrected chi connectivity index (χ0v) is 8.93. The highest BCUT2D eigenvalue weighted by molar-refractivity contribution is 5.20. The van der Waals surface area contributed by atoms with Crippen LogP contribution in [0.1, 0.15) is 24.8 Å². The molecule has 0 aliphatic carbocycles. The zero-order valence-electron chi connectivity index (χ0n) is 8.93. The van der Waals surface area contributed by atoms with Gasteiger partial charge in [0.25, 0.3) is 0 Å². The smallest absolute Gasteiger partial charge is 0.108 e. The van der Waals surface area contributed by atoms with Crippen LogP contribution in [0.4, 0.5) is 0 Å². The Balaban J connectivity index is 1.71. The Hall–Kier alpha value is -0.860. The third-order valence-corrected chi connectivity index (χ3v) is 3.51. The van der Waals surface area contributed by atoms with E-state index in [1.165, 1.54) is 5.56 Å². The first-order chi connectivity index (χ1) is 7.34. The lowest BCUT2D eigenvalue weighted by Crippen LogP contribution is -2.29. The lowest BCUT2D eigenvalue weighted by Gasteiger charge is -2.26. The van der Waals surface area contributed by atoms with Crippen molar-refractivity contribution in [3.05, 3.63) is 35.9 Å². The molecule has 0 radical (unpaired) electrons. The first-order valence-corrected chi connectivity index (χ1v) is 5.66. The van der Waals surface area contributed by atoms with Crippen LogP contribution in [0.15, 0.2) is 30.3 Å². The molecule has 0 aromatic heterocycles. The maximum atomic E-state index is 5.82. The van der Waals surface area contributed by atoms with Crippen molar-refractivity contribution in [2.75, 3.05) is 6.61 Å². The van der Waals surface area contributed by atoms with E-state index in [1.54, 1.807) is 0 Å². The van der Waals surface area contributed by atoms with Gasteiger partial charge in [0.2, 0.25) is 0 Å². The van der Waals surface area contributed by atoms with Gasteiger partial charge in [-0.15, -0.1) is 0 Å². The van der Waals surface area contributed by atoms with Gasteiger partial charge in [0.15, 0.2) is 0 Å². The first-order valence-electron chi connectivity index (χ1n) is 5.66. The largest absolute Gasteiger partial charge is 0.375 e. The summed E-state index contributed by atoms with van der Waals surface area (Å²) in [6.07, 6.45) is 2.27. The topological polar surface area (TPSA) is 21.8 Å². The molecular formula is C13H16O2. The lowest BCUT2D eigenvalue weighted by molar-refractivity contribution is 0.0156. The van der Waals surface area contributed by atoms with Gasteiger partial charge in [0, 0.05) is 12.3 Å². The Kier molecular flexibility index (Phi) is 2.26. The van der Waals surface area contributed by atoms with Crippen LogP contribution in [-0.4, -0.2) is 24.9 Å².